The molecule has 0 saturated heterocycles. The standard InChI is InChI=1S/C28H27ClN4O4/c1-37-20-10-12-23(31-28(36)18-7-11-21-22(29)16-30-24(21)14-18)25(15-20)32-27(35)17-5-8-19(9-6-17)33-13-3-2-4-26(33)34/h2-9,11,13-14,16,20,23,25,30H,10,12,15H2,1H3,(H,31,36)(H,32,35)/t20-,23-,25+/m1/s1. The number of pyridine rings is 1. The molecule has 0 bridgehead atoms. The van der Waals surface area contributed by atoms with Crippen molar-refractivity contribution in [2.75, 3.05) is 7.11 Å². The van der Waals surface area contributed by atoms with Crippen molar-refractivity contribution in [2.45, 2.75) is 37.5 Å². The molecule has 2 aromatic carbocycles. The second-order valence-electron chi connectivity index (χ2n) is 9.18. The van der Waals surface area contributed by atoms with Gasteiger partial charge in [0, 0.05) is 59.3 Å². The van der Waals surface area contributed by atoms with Crippen LogP contribution in [-0.4, -0.2) is 46.7 Å². The number of benzene rings is 2. The maximum absolute atomic E-state index is 13.1. The highest BCUT2D eigenvalue weighted by Gasteiger charge is 2.33. The van der Waals surface area contributed by atoms with Gasteiger partial charge in [0.1, 0.15) is 0 Å². The third-order valence-electron chi connectivity index (χ3n) is 6.89. The van der Waals surface area contributed by atoms with Crippen LogP contribution in [0.15, 0.2) is 77.9 Å². The molecule has 37 heavy (non-hydrogen) atoms. The average molecular weight is 519 g/mol. The van der Waals surface area contributed by atoms with E-state index in [1.54, 1.807) is 68.0 Å². The summed E-state index contributed by atoms with van der Waals surface area (Å²) in [7, 11) is 1.66. The average Bonchev–Trinajstić information content (AvgIpc) is 3.29. The smallest absolute Gasteiger partial charge is 0.255 e. The number of carbonyl (C=O) groups excluding carboxylic acids is 2. The minimum atomic E-state index is -0.310. The van der Waals surface area contributed by atoms with Gasteiger partial charge in [-0.2, -0.15) is 0 Å². The SMILES string of the molecule is CO[C@@H]1CC[C@@H](NC(=O)c2ccc3c(Cl)c[nH]c3c2)[C@@H](NC(=O)c2ccc(-n3ccccc3=O)cc2)C1. The number of hydrogen-bond acceptors (Lipinski definition) is 4. The predicted octanol–water partition coefficient (Wildman–Crippen LogP) is 4.07. The van der Waals surface area contributed by atoms with E-state index in [0.717, 1.165) is 17.3 Å². The molecule has 2 heterocycles. The number of nitrogens with one attached hydrogen (secondary N) is 3. The fourth-order valence-corrected chi connectivity index (χ4v) is 5.05. The van der Waals surface area contributed by atoms with Crippen molar-refractivity contribution in [3.8, 4) is 5.69 Å². The molecule has 0 unspecified atom stereocenters. The van der Waals surface area contributed by atoms with Crippen LogP contribution in [0.5, 0.6) is 0 Å². The minimum absolute atomic E-state index is 0.0109. The van der Waals surface area contributed by atoms with E-state index in [2.05, 4.69) is 15.6 Å². The van der Waals surface area contributed by atoms with E-state index in [1.165, 1.54) is 10.6 Å². The molecular weight excluding hydrogens is 492 g/mol. The Bertz CT molecular complexity index is 1490. The minimum Gasteiger partial charge on any atom is -0.381 e. The molecule has 3 N–H and O–H groups in total. The van der Waals surface area contributed by atoms with Crippen molar-refractivity contribution in [1.29, 1.82) is 0 Å². The number of halogens is 1. The van der Waals surface area contributed by atoms with Crippen LogP contribution in [0, 0.1) is 0 Å². The molecule has 190 valence electrons. The molecule has 0 aliphatic heterocycles. The number of ether oxygens (including phenoxy) is 1. The van der Waals surface area contributed by atoms with Gasteiger partial charge in [0.05, 0.1) is 17.2 Å². The van der Waals surface area contributed by atoms with Gasteiger partial charge in [0.25, 0.3) is 17.4 Å². The van der Waals surface area contributed by atoms with E-state index >= 15 is 0 Å². The number of rotatable bonds is 6. The Balaban J connectivity index is 1.30. The number of aromatic amines is 1. The second kappa shape index (κ2) is 10.6. The van der Waals surface area contributed by atoms with Crippen LogP contribution in [0.2, 0.25) is 5.02 Å². The number of methoxy groups -OCH3 is 1. The number of aromatic nitrogens is 2. The van der Waals surface area contributed by atoms with Gasteiger partial charge in [-0.15, -0.1) is 0 Å². The van der Waals surface area contributed by atoms with E-state index < -0.39 is 0 Å². The zero-order valence-electron chi connectivity index (χ0n) is 20.2. The van der Waals surface area contributed by atoms with Crippen molar-refractivity contribution in [2.24, 2.45) is 0 Å². The maximum Gasteiger partial charge on any atom is 0.255 e. The largest absolute Gasteiger partial charge is 0.381 e. The van der Waals surface area contributed by atoms with Gasteiger partial charge in [0.15, 0.2) is 0 Å². The van der Waals surface area contributed by atoms with E-state index in [4.69, 9.17) is 16.3 Å². The molecule has 0 spiro atoms. The number of amides is 2. The molecule has 0 radical (unpaired) electrons. The summed E-state index contributed by atoms with van der Waals surface area (Å²) in [4.78, 5) is 41.4. The summed E-state index contributed by atoms with van der Waals surface area (Å²) in [6, 6.07) is 16.5. The number of hydrogen-bond donors (Lipinski definition) is 3. The lowest BCUT2D eigenvalue weighted by molar-refractivity contribution is 0.0444. The van der Waals surface area contributed by atoms with Gasteiger partial charge >= 0.3 is 0 Å². The maximum atomic E-state index is 13.1. The predicted molar refractivity (Wildman–Crippen MR) is 143 cm³/mol. The van der Waals surface area contributed by atoms with Crippen LogP contribution < -0.4 is 16.2 Å². The molecule has 2 amide bonds. The number of H-pyrrole nitrogens is 1. The van der Waals surface area contributed by atoms with Gasteiger partial charge in [0.2, 0.25) is 0 Å². The molecule has 9 heteroatoms. The highest BCUT2D eigenvalue weighted by atomic mass is 35.5. The monoisotopic (exact) mass is 518 g/mol. The highest BCUT2D eigenvalue weighted by Crippen LogP contribution is 2.25. The number of carbonyl (C=O) groups is 2. The summed E-state index contributed by atoms with van der Waals surface area (Å²) in [5.41, 5.74) is 2.28. The fraction of sp³-hybridized carbons (Fsp3) is 0.250. The van der Waals surface area contributed by atoms with Crippen molar-refractivity contribution >= 4 is 34.3 Å². The molecule has 4 aromatic rings. The quantitative estimate of drug-likeness (QED) is 0.358. The van der Waals surface area contributed by atoms with E-state index in [9.17, 15) is 14.4 Å². The lowest BCUT2D eigenvalue weighted by Gasteiger charge is -2.36. The third kappa shape index (κ3) is 5.30. The van der Waals surface area contributed by atoms with Crippen molar-refractivity contribution < 1.29 is 14.3 Å². The Morgan fingerprint density at radius 2 is 1.70 bits per heavy atom. The van der Waals surface area contributed by atoms with Crippen molar-refractivity contribution in [3.05, 3.63) is 99.6 Å². The van der Waals surface area contributed by atoms with Gasteiger partial charge in [-0.05, 0) is 61.7 Å². The molecule has 8 nitrogen and oxygen atoms in total. The Kier molecular flexibility index (Phi) is 7.12. The molecule has 2 aromatic heterocycles. The fourth-order valence-electron chi connectivity index (χ4n) is 4.83. The molecular formula is C28H27ClN4O4. The first-order valence-electron chi connectivity index (χ1n) is 12.1. The summed E-state index contributed by atoms with van der Waals surface area (Å²) in [5.74, 6) is -0.471. The zero-order chi connectivity index (χ0) is 25.9. The molecule has 1 aliphatic rings. The van der Waals surface area contributed by atoms with Crippen LogP contribution in [-0.2, 0) is 4.74 Å². The van der Waals surface area contributed by atoms with Crippen LogP contribution in [0.25, 0.3) is 16.6 Å². The van der Waals surface area contributed by atoms with Gasteiger partial charge in [-0.1, -0.05) is 23.7 Å². The first-order valence-corrected chi connectivity index (χ1v) is 12.5. The lowest BCUT2D eigenvalue weighted by atomic mass is 9.87. The summed E-state index contributed by atoms with van der Waals surface area (Å²) in [5, 5.41) is 7.64. The van der Waals surface area contributed by atoms with Gasteiger partial charge < -0.3 is 20.4 Å². The van der Waals surface area contributed by atoms with Crippen LogP contribution >= 0.6 is 11.6 Å². The second-order valence-corrected chi connectivity index (χ2v) is 9.59. The van der Waals surface area contributed by atoms with Gasteiger partial charge in [-0.25, -0.2) is 0 Å². The first-order chi connectivity index (χ1) is 17.9. The van der Waals surface area contributed by atoms with Crippen LogP contribution in [0.4, 0.5) is 0 Å². The summed E-state index contributed by atoms with van der Waals surface area (Å²) in [6.45, 7) is 0. The number of nitrogens with zero attached hydrogens (tertiary/aromatic N) is 1. The van der Waals surface area contributed by atoms with Crippen molar-refractivity contribution in [3.63, 3.8) is 0 Å². The molecule has 3 atom stereocenters. The normalized spacial score (nSPS) is 19.5. The first kappa shape index (κ1) is 24.8. The zero-order valence-corrected chi connectivity index (χ0v) is 21.0. The third-order valence-corrected chi connectivity index (χ3v) is 7.20. The molecule has 5 rings (SSSR count). The van der Waals surface area contributed by atoms with Gasteiger partial charge in [-0.3, -0.25) is 19.0 Å². The Morgan fingerprint density at radius 1 is 0.973 bits per heavy atom. The highest BCUT2D eigenvalue weighted by molar-refractivity contribution is 6.35. The number of fused-ring (bicyclic) bond motifs is 1. The van der Waals surface area contributed by atoms with Crippen LogP contribution in [0.1, 0.15) is 40.0 Å². The summed E-state index contributed by atoms with van der Waals surface area (Å²) in [6.07, 6.45) is 5.39. The van der Waals surface area contributed by atoms with E-state index in [0.29, 0.717) is 34.7 Å². The van der Waals surface area contributed by atoms with E-state index in [-0.39, 0.29) is 35.6 Å². The topological polar surface area (TPSA) is 105 Å². The summed E-state index contributed by atoms with van der Waals surface area (Å²) < 4.78 is 7.07. The molecule has 1 saturated carbocycles. The lowest BCUT2D eigenvalue weighted by Crippen LogP contribution is -2.55. The summed E-state index contributed by atoms with van der Waals surface area (Å²) >= 11 is 6.15. The van der Waals surface area contributed by atoms with Crippen LogP contribution in [0.3, 0.4) is 0 Å². The Labute approximate surface area is 218 Å². The molecule has 1 fully saturated rings. The Hall–Kier alpha value is -3.88. The molecule has 1 aliphatic carbocycles. The van der Waals surface area contributed by atoms with E-state index in [1.807, 2.05) is 6.07 Å². The van der Waals surface area contributed by atoms with Crippen molar-refractivity contribution in [1.82, 2.24) is 20.2 Å². The Morgan fingerprint density at radius 3 is 2.46 bits per heavy atom.